The monoisotopic (exact) mass is 241 g/mol. The Morgan fingerprint density at radius 3 is 2.69 bits per heavy atom. The Morgan fingerprint density at radius 1 is 1.56 bits per heavy atom. The van der Waals surface area contributed by atoms with E-state index in [0.29, 0.717) is 12.0 Å². The van der Waals surface area contributed by atoms with Crippen LogP contribution in [0.25, 0.3) is 0 Å². The zero-order valence-corrected chi connectivity index (χ0v) is 10.8. The highest BCUT2D eigenvalue weighted by Crippen LogP contribution is 2.22. The van der Waals surface area contributed by atoms with Crippen LogP contribution in [0.2, 0.25) is 0 Å². The van der Waals surface area contributed by atoms with Crippen LogP contribution in [0.5, 0.6) is 0 Å². The van der Waals surface area contributed by atoms with Crippen molar-refractivity contribution in [2.45, 2.75) is 33.2 Å². The highest BCUT2D eigenvalue weighted by molar-refractivity contribution is 7.08. The van der Waals surface area contributed by atoms with Crippen molar-refractivity contribution >= 4 is 17.2 Å². The summed E-state index contributed by atoms with van der Waals surface area (Å²) in [4.78, 5) is 11.9. The summed E-state index contributed by atoms with van der Waals surface area (Å²) in [5.41, 5.74) is 0.645. The van der Waals surface area contributed by atoms with Crippen LogP contribution in [0.3, 0.4) is 0 Å². The van der Waals surface area contributed by atoms with Crippen molar-refractivity contribution in [1.82, 2.24) is 5.32 Å². The Bertz CT molecular complexity index is 327. The third-order valence-electron chi connectivity index (χ3n) is 2.55. The molecule has 1 rings (SSSR count). The number of aliphatic hydroxyl groups excluding tert-OH is 1. The molecule has 16 heavy (non-hydrogen) atoms. The fourth-order valence-electron chi connectivity index (χ4n) is 1.49. The van der Waals surface area contributed by atoms with Gasteiger partial charge in [-0.2, -0.15) is 11.3 Å². The number of carbonyl (C=O) groups is 1. The second-order valence-electron chi connectivity index (χ2n) is 4.92. The van der Waals surface area contributed by atoms with Crippen LogP contribution < -0.4 is 5.32 Å². The molecule has 1 aromatic heterocycles. The van der Waals surface area contributed by atoms with Crippen LogP contribution in [0, 0.1) is 5.41 Å². The molecule has 0 saturated heterocycles. The predicted octanol–water partition coefficient (Wildman–Crippen LogP) is 2.28. The van der Waals surface area contributed by atoms with Crippen molar-refractivity contribution in [2.24, 2.45) is 5.41 Å². The van der Waals surface area contributed by atoms with Gasteiger partial charge in [0.15, 0.2) is 0 Å². The average Bonchev–Trinajstić information content (AvgIpc) is 2.68. The quantitative estimate of drug-likeness (QED) is 0.849. The second kappa shape index (κ2) is 5.46. The minimum atomic E-state index is -0.0605. The molecule has 0 aliphatic heterocycles. The first-order valence-electron chi connectivity index (χ1n) is 5.39. The molecule has 2 N–H and O–H groups in total. The number of nitrogens with one attached hydrogen (secondary N) is 1. The van der Waals surface area contributed by atoms with Crippen molar-refractivity contribution in [3.8, 4) is 0 Å². The number of hydrogen-bond donors (Lipinski definition) is 2. The first-order valence-corrected chi connectivity index (χ1v) is 6.33. The van der Waals surface area contributed by atoms with Gasteiger partial charge in [-0.1, -0.05) is 20.8 Å². The van der Waals surface area contributed by atoms with Gasteiger partial charge in [-0.25, -0.2) is 0 Å². The van der Waals surface area contributed by atoms with Crippen molar-refractivity contribution in [3.63, 3.8) is 0 Å². The molecule has 0 saturated carbocycles. The highest BCUT2D eigenvalue weighted by Gasteiger charge is 2.25. The molecule has 1 aromatic rings. The van der Waals surface area contributed by atoms with Gasteiger partial charge in [0.25, 0.3) is 5.91 Å². The average molecular weight is 241 g/mol. The van der Waals surface area contributed by atoms with Gasteiger partial charge in [-0.3, -0.25) is 4.79 Å². The van der Waals surface area contributed by atoms with E-state index in [0.717, 1.165) is 0 Å². The Kier molecular flexibility index (Phi) is 4.50. The maximum atomic E-state index is 11.9. The summed E-state index contributed by atoms with van der Waals surface area (Å²) in [6.45, 7) is 6.26. The molecule has 0 aromatic carbocycles. The van der Waals surface area contributed by atoms with Gasteiger partial charge in [0.05, 0.1) is 0 Å². The van der Waals surface area contributed by atoms with Crippen LogP contribution in [-0.4, -0.2) is 23.7 Å². The van der Waals surface area contributed by atoms with Gasteiger partial charge >= 0.3 is 0 Å². The Balaban J connectivity index is 2.66. The Labute approximate surface area is 100 Å². The van der Waals surface area contributed by atoms with Crippen LogP contribution in [-0.2, 0) is 0 Å². The van der Waals surface area contributed by atoms with Crippen LogP contribution in [0.4, 0.5) is 0 Å². The maximum Gasteiger partial charge on any atom is 0.252 e. The zero-order chi connectivity index (χ0) is 12.2. The third-order valence-corrected chi connectivity index (χ3v) is 3.24. The smallest absolute Gasteiger partial charge is 0.252 e. The molecule has 0 unspecified atom stereocenters. The molecule has 0 radical (unpaired) electrons. The lowest BCUT2D eigenvalue weighted by atomic mass is 9.85. The van der Waals surface area contributed by atoms with Crippen LogP contribution in [0.15, 0.2) is 16.8 Å². The van der Waals surface area contributed by atoms with Crippen LogP contribution >= 0.6 is 11.3 Å². The van der Waals surface area contributed by atoms with E-state index in [-0.39, 0.29) is 24.0 Å². The van der Waals surface area contributed by atoms with Crippen molar-refractivity contribution in [1.29, 1.82) is 0 Å². The molecule has 0 aliphatic rings. The van der Waals surface area contributed by atoms with Crippen molar-refractivity contribution < 1.29 is 9.90 Å². The fourth-order valence-corrected chi connectivity index (χ4v) is 2.12. The molecule has 0 spiro atoms. The highest BCUT2D eigenvalue weighted by atomic mass is 32.1. The van der Waals surface area contributed by atoms with Gasteiger partial charge < -0.3 is 10.4 Å². The van der Waals surface area contributed by atoms with Crippen molar-refractivity contribution in [3.05, 3.63) is 22.4 Å². The number of hydrogen-bond acceptors (Lipinski definition) is 3. The Morgan fingerprint density at radius 2 is 2.25 bits per heavy atom. The summed E-state index contributed by atoms with van der Waals surface area (Å²) in [6, 6.07) is 1.79. The summed E-state index contributed by atoms with van der Waals surface area (Å²) in [7, 11) is 0. The minimum absolute atomic E-state index is 0.00935. The van der Waals surface area contributed by atoms with E-state index < -0.39 is 0 Å². The summed E-state index contributed by atoms with van der Waals surface area (Å²) in [6.07, 6.45) is 0.583. The lowest BCUT2D eigenvalue weighted by molar-refractivity contribution is 0.0885. The molecule has 90 valence electrons. The molecule has 0 fully saturated rings. The number of thiophene rings is 1. The predicted molar refractivity (Wildman–Crippen MR) is 66.7 cm³/mol. The minimum Gasteiger partial charge on any atom is -0.396 e. The van der Waals surface area contributed by atoms with E-state index in [2.05, 4.69) is 26.1 Å². The molecule has 0 bridgehead atoms. The van der Waals surface area contributed by atoms with Gasteiger partial charge in [-0.05, 0) is 23.3 Å². The topological polar surface area (TPSA) is 49.3 Å². The normalized spacial score (nSPS) is 13.5. The van der Waals surface area contributed by atoms with E-state index in [9.17, 15) is 4.79 Å². The number of amides is 1. The largest absolute Gasteiger partial charge is 0.396 e. The Hall–Kier alpha value is -0.870. The lowest BCUT2D eigenvalue weighted by Crippen LogP contribution is -2.44. The van der Waals surface area contributed by atoms with Crippen LogP contribution in [0.1, 0.15) is 37.6 Å². The number of aliphatic hydroxyl groups is 1. The third kappa shape index (κ3) is 3.61. The van der Waals surface area contributed by atoms with Gasteiger partial charge in [0.1, 0.15) is 0 Å². The van der Waals surface area contributed by atoms with Gasteiger partial charge in [-0.15, -0.1) is 0 Å². The molecule has 4 heteroatoms. The molecule has 3 nitrogen and oxygen atoms in total. The van der Waals surface area contributed by atoms with E-state index in [4.69, 9.17) is 5.11 Å². The first-order chi connectivity index (χ1) is 7.45. The molecular weight excluding hydrogens is 222 g/mol. The number of carbonyl (C=O) groups excluding carboxylic acids is 1. The summed E-state index contributed by atoms with van der Waals surface area (Å²) in [5.74, 6) is -0.0605. The first kappa shape index (κ1) is 13.2. The van der Waals surface area contributed by atoms with E-state index in [1.165, 1.54) is 11.3 Å². The van der Waals surface area contributed by atoms with E-state index in [1.54, 1.807) is 6.07 Å². The molecule has 1 heterocycles. The zero-order valence-electron chi connectivity index (χ0n) is 9.99. The summed E-state index contributed by atoms with van der Waals surface area (Å²) < 4.78 is 0. The fraction of sp³-hybridized carbons (Fsp3) is 0.583. The van der Waals surface area contributed by atoms with Crippen molar-refractivity contribution in [2.75, 3.05) is 6.61 Å². The maximum absolute atomic E-state index is 11.9. The lowest BCUT2D eigenvalue weighted by Gasteiger charge is -2.31. The standard InChI is InChI=1S/C12H19NO2S/c1-12(2,3)10(4-6-14)13-11(15)9-5-7-16-8-9/h5,7-8,10,14H,4,6H2,1-3H3,(H,13,15)/t10-/m1/s1. The van der Waals surface area contributed by atoms with Gasteiger partial charge in [0.2, 0.25) is 0 Å². The number of rotatable bonds is 4. The molecule has 1 atom stereocenters. The second-order valence-corrected chi connectivity index (χ2v) is 5.70. The SMILES string of the molecule is CC(C)(C)[C@@H](CCO)NC(=O)c1ccsc1. The van der Waals surface area contributed by atoms with E-state index >= 15 is 0 Å². The molecule has 0 aliphatic carbocycles. The van der Waals surface area contributed by atoms with Gasteiger partial charge in [0, 0.05) is 23.6 Å². The summed E-state index contributed by atoms with van der Waals surface area (Å²) >= 11 is 1.51. The molecular formula is C12H19NO2S. The molecule has 1 amide bonds. The summed E-state index contributed by atoms with van der Waals surface area (Å²) in [5, 5.41) is 15.7. The van der Waals surface area contributed by atoms with E-state index in [1.807, 2.05) is 10.8 Å².